The average molecular weight is 213 g/mol. The summed E-state index contributed by atoms with van der Waals surface area (Å²) < 4.78 is 5.13. The number of aliphatic hydroxyl groups is 1. The van der Waals surface area contributed by atoms with Crippen molar-refractivity contribution in [1.29, 1.82) is 0 Å². The van der Waals surface area contributed by atoms with E-state index in [4.69, 9.17) is 9.84 Å². The van der Waals surface area contributed by atoms with Crippen LogP contribution in [0.2, 0.25) is 0 Å². The maximum absolute atomic E-state index is 11.4. The smallest absolute Gasteiger partial charge is 0.407 e. The highest BCUT2D eigenvalue weighted by Gasteiger charge is 2.22. The summed E-state index contributed by atoms with van der Waals surface area (Å²) in [5, 5.41) is 11.7. The SMILES string of the molecule is CC(C)(C)OC(=O)NC1CC=C(CO)C1. The van der Waals surface area contributed by atoms with E-state index in [0.29, 0.717) is 0 Å². The van der Waals surface area contributed by atoms with Gasteiger partial charge in [-0.15, -0.1) is 0 Å². The number of rotatable bonds is 2. The summed E-state index contributed by atoms with van der Waals surface area (Å²) in [7, 11) is 0. The number of hydrogen-bond acceptors (Lipinski definition) is 3. The molecule has 1 unspecified atom stereocenters. The highest BCUT2D eigenvalue weighted by atomic mass is 16.6. The Morgan fingerprint density at radius 2 is 2.33 bits per heavy atom. The van der Waals surface area contributed by atoms with E-state index in [1.165, 1.54) is 0 Å². The van der Waals surface area contributed by atoms with E-state index >= 15 is 0 Å². The van der Waals surface area contributed by atoms with Crippen molar-refractivity contribution in [2.24, 2.45) is 0 Å². The maximum atomic E-state index is 11.4. The fraction of sp³-hybridized carbons (Fsp3) is 0.727. The molecule has 86 valence electrons. The van der Waals surface area contributed by atoms with Gasteiger partial charge in [0.2, 0.25) is 0 Å². The summed E-state index contributed by atoms with van der Waals surface area (Å²) in [5.41, 5.74) is 0.520. The van der Waals surface area contributed by atoms with Crippen LogP contribution in [0.25, 0.3) is 0 Å². The molecule has 1 amide bonds. The Kier molecular flexibility index (Phi) is 3.74. The van der Waals surface area contributed by atoms with Crippen molar-refractivity contribution < 1.29 is 14.6 Å². The van der Waals surface area contributed by atoms with Gasteiger partial charge in [0.25, 0.3) is 0 Å². The average Bonchev–Trinajstić information content (AvgIpc) is 2.48. The lowest BCUT2D eigenvalue weighted by Crippen LogP contribution is -2.38. The van der Waals surface area contributed by atoms with Gasteiger partial charge >= 0.3 is 6.09 Å². The Morgan fingerprint density at radius 3 is 2.80 bits per heavy atom. The van der Waals surface area contributed by atoms with Gasteiger partial charge in [0.05, 0.1) is 6.61 Å². The van der Waals surface area contributed by atoms with Gasteiger partial charge < -0.3 is 15.2 Å². The van der Waals surface area contributed by atoms with Crippen LogP contribution in [0.1, 0.15) is 33.6 Å². The van der Waals surface area contributed by atoms with E-state index in [1.807, 2.05) is 26.8 Å². The van der Waals surface area contributed by atoms with Crippen LogP contribution in [0.4, 0.5) is 4.79 Å². The molecule has 2 N–H and O–H groups in total. The van der Waals surface area contributed by atoms with Gasteiger partial charge in [0.15, 0.2) is 0 Å². The van der Waals surface area contributed by atoms with E-state index in [1.54, 1.807) is 0 Å². The summed E-state index contributed by atoms with van der Waals surface area (Å²) >= 11 is 0. The Balaban J connectivity index is 2.30. The molecule has 1 rings (SSSR count). The first-order chi connectivity index (χ1) is 6.90. The number of amides is 1. The number of carbonyl (C=O) groups is 1. The second-order valence-corrected chi connectivity index (χ2v) is 4.80. The summed E-state index contributed by atoms with van der Waals surface area (Å²) in [6.45, 7) is 5.57. The molecule has 0 aromatic heterocycles. The highest BCUT2D eigenvalue weighted by Crippen LogP contribution is 2.18. The standard InChI is InChI=1S/C11H19NO3/c1-11(2,3)15-10(14)12-9-5-4-8(6-9)7-13/h4,9,13H,5-7H2,1-3H3,(H,12,14). The molecule has 0 radical (unpaired) electrons. The molecule has 0 aromatic rings. The van der Waals surface area contributed by atoms with Crippen LogP contribution in [0.15, 0.2) is 11.6 Å². The topological polar surface area (TPSA) is 58.6 Å². The van der Waals surface area contributed by atoms with Gasteiger partial charge in [0.1, 0.15) is 5.60 Å². The van der Waals surface area contributed by atoms with Gasteiger partial charge in [-0.2, -0.15) is 0 Å². The number of carbonyl (C=O) groups excluding carboxylic acids is 1. The Hall–Kier alpha value is -1.03. The van der Waals surface area contributed by atoms with Crippen LogP contribution in [-0.4, -0.2) is 29.4 Å². The molecule has 1 atom stereocenters. The third-order valence-corrected chi connectivity index (χ3v) is 2.12. The van der Waals surface area contributed by atoms with Crippen molar-refractivity contribution in [3.8, 4) is 0 Å². The Bertz CT molecular complexity index is 265. The number of nitrogens with one attached hydrogen (secondary N) is 1. The lowest BCUT2D eigenvalue weighted by molar-refractivity contribution is 0.0506. The van der Waals surface area contributed by atoms with E-state index in [9.17, 15) is 4.79 Å². The fourth-order valence-corrected chi connectivity index (χ4v) is 1.51. The predicted octanol–water partition coefficient (Wildman–Crippen LogP) is 1.59. The van der Waals surface area contributed by atoms with Crippen LogP contribution in [0.5, 0.6) is 0 Å². The largest absolute Gasteiger partial charge is 0.444 e. The molecule has 0 saturated heterocycles. The van der Waals surface area contributed by atoms with Gasteiger partial charge in [-0.25, -0.2) is 4.79 Å². The summed E-state index contributed by atoms with van der Waals surface area (Å²) in [6.07, 6.45) is 3.06. The third kappa shape index (κ3) is 4.34. The molecule has 4 heteroatoms. The van der Waals surface area contributed by atoms with Crippen LogP contribution >= 0.6 is 0 Å². The molecule has 0 heterocycles. The predicted molar refractivity (Wildman–Crippen MR) is 57.6 cm³/mol. The van der Waals surface area contributed by atoms with Gasteiger partial charge in [-0.3, -0.25) is 0 Å². The lowest BCUT2D eigenvalue weighted by atomic mass is 10.2. The number of ether oxygens (including phenoxy) is 1. The number of hydrogen-bond donors (Lipinski definition) is 2. The molecule has 1 aliphatic carbocycles. The Labute approximate surface area is 90.3 Å². The molecule has 15 heavy (non-hydrogen) atoms. The van der Waals surface area contributed by atoms with Crippen molar-refractivity contribution in [3.05, 3.63) is 11.6 Å². The molecule has 0 aromatic carbocycles. The Morgan fingerprint density at radius 1 is 1.67 bits per heavy atom. The van der Waals surface area contributed by atoms with E-state index in [2.05, 4.69) is 5.32 Å². The van der Waals surface area contributed by atoms with Gasteiger partial charge in [-0.1, -0.05) is 6.08 Å². The summed E-state index contributed by atoms with van der Waals surface area (Å²) in [5.74, 6) is 0. The maximum Gasteiger partial charge on any atom is 0.407 e. The van der Waals surface area contributed by atoms with Crippen molar-refractivity contribution in [2.45, 2.75) is 45.3 Å². The zero-order chi connectivity index (χ0) is 11.5. The van der Waals surface area contributed by atoms with Crippen molar-refractivity contribution >= 4 is 6.09 Å². The summed E-state index contributed by atoms with van der Waals surface area (Å²) in [6, 6.07) is 0.0713. The molecule has 0 bridgehead atoms. The molecular formula is C11H19NO3. The molecule has 4 nitrogen and oxygen atoms in total. The van der Waals surface area contributed by atoms with E-state index in [0.717, 1.165) is 18.4 Å². The fourth-order valence-electron chi connectivity index (χ4n) is 1.51. The van der Waals surface area contributed by atoms with Gasteiger partial charge in [-0.05, 0) is 39.2 Å². The van der Waals surface area contributed by atoms with Crippen LogP contribution < -0.4 is 5.32 Å². The number of aliphatic hydroxyl groups excluding tert-OH is 1. The normalized spacial score (nSPS) is 21.1. The van der Waals surface area contributed by atoms with Gasteiger partial charge in [0, 0.05) is 6.04 Å². The molecule has 0 aliphatic heterocycles. The first-order valence-electron chi connectivity index (χ1n) is 5.19. The zero-order valence-electron chi connectivity index (χ0n) is 9.54. The van der Waals surface area contributed by atoms with Crippen LogP contribution in [-0.2, 0) is 4.74 Å². The summed E-state index contributed by atoms with van der Waals surface area (Å²) in [4.78, 5) is 11.4. The van der Waals surface area contributed by atoms with E-state index in [-0.39, 0.29) is 18.7 Å². The minimum absolute atomic E-state index is 0.0713. The van der Waals surface area contributed by atoms with Crippen molar-refractivity contribution in [3.63, 3.8) is 0 Å². The van der Waals surface area contributed by atoms with Crippen LogP contribution in [0, 0.1) is 0 Å². The molecule has 1 aliphatic rings. The zero-order valence-corrected chi connectivity index (χ0v) is 9.54. The minimum Gasteiger partial charge on any atom is -0.444 e. The molecule has 0 fully saturated rings. The number of alkyl carbamates (subject to hydrolysis) is 1. The molecule has 0 spiro atoms. The molecule has 0 saturated carbocycles. The van der Waals surface area contributed by atoms with E-state index < -0.39 is 5.60 Å². The third-order valence-electron chi connectivity index (χ3n) is 2.12. The minimum atomic E-state index is -0.462. The second kappa shape index (κ2) is 4.66. The van der Waals surface area contributed by atoms with Crippen molar-refractivity contribution in [1.82, 2.24) is 5.32 Å². The first kappa shape index (κ1) is 12.0. The lowest BCUT2D eigenvalue weighted by Gasteiger charge is -2.21. The highest BCUT2D eigenvalue weighted by molar-refractivity contribution is 5.68. The molecular weight excluding hydrogens is 194 g/mol. The monoisotopic (exact) mass is 213 g/mol. The first-order valence-corrected chi connectivity index (χ1v) is 5.19. The van der Waals surface area contributed by atoms with Crippen molar-refractivity contribution in [2.75, 3.05) is 6.61 Å². The van der Waals surface area contributed by atoms with Crippen LogP contribution in [0.3, 0.4) is 0 Å². The second-order valence-electron chi connectivity index (χ2n) is 4.80. The quantitative estimate of drug-likeness (QED) is 0.685.